The number of amides is 4. The quantitative estimate of drug-likeness (QED) is 0.224. The van der Waals surface area contributed by atoms with Gasteiger partial charge in [0.2, 0.25) is 5.91 Å². The number of imide groups is 2. The lowest BCUT2D eigenvalue weighted by Crippen LogP contribution is -2.58. The average molecular weight is 848 g/mol. The molecule has 16 heteroatoms. The highest BCUT2D eigenvalue weighted by Crippen LogP contribution is 2.38. The summed E-state index contributed by atoms with van der Waals surface area (Å²) in [5.41, 5.74) is 2.70. The molecule has 4 fully saturated rings. The highest BCUT2D eigenvalue weighted by molar-refractivity contribution is 6.23. The Morgan fingerprint density at radius 2 is 1.53 bits per heavy atom. The summed E-state index contributed by atoms with van der Waals surface area (Å²) in [4.78, 5) is 78.3. The Morgan fingerprint density at radius 1 is 0.823 bits per heavy atom. The van der Waals surface area contributed by atoms with Crippen molar-refractivity contribution in [2.24, 2.45) is 17.3 Å². The molecule has 62 heavy (non-hydrogen) atoms. The van der Waals surface area contributed by atoms with E-state index in [1.54, 1.807) is 32.0 Å². The molecule has 2 aromatic carbocycles. The number of carbonyl (C=O) groups is 5. The van der Waals surface area contributed by atoms with Gasteiger partial charge >= 0.3 is 5.97 Å². The van der Waals surface area contributed by atoms with Gasteiger partial charge in [-0.05, 0) is 107 Å². The maximum Gasteiger partial charge on any atom is 0.313 e. The number of ether oxygens (including phenoxy) is 1. The normalized spacial score (nSPS) is 23.0. The first-order valence-corrected chi connectivity index (χ1v) is 22.2. The van der Waals surface area contributed by atoms with E-state index in [9.17, 15) is 29.1 Å². The Hall–Kier alpha value is -5.61. The van der Waals surface area contributed by atoms with Crippen molar-refractivity contribution in [2.45, 2.75) is 64.5 Å². The zero-order valence-corrected chi connectivity index (χ0v) is 35.9. The van der Waals surface area contributed by atoms with Crippen LogP contribution in [0.2, 0.25) is 0 Å². The van der Waals surface area contributed by atoms with Gasteiger partial charge in [-0.25, -0.2) is 0 Å². The van der Waals surface area contributed by atoms with Gasteiger partial charge in [-0.2, -0.15) is 0 Å². The number of methoxy groups -OCH3 is 1. The van der Waals surface area contributed by atoms with E-state index in [0.717, 1.165) is 105 Å². The number of hydrogen-bond donors (Lipinski definition) is 2. The first kappa shape index (κ1) is 41.7. The minimum Gasteiger partial charge on any atom is -0.507 e. The second kappa shape index (κ2) is 16.9. The zero-order chi connectivity index (χ0) is 43.3. The highest BCUT2D eigenvalue weighted by Gasteiger charge is 2.49. The molecule has 9 rings (SSSR count). The molecule has 2 atom stereocenters. The molecule has 6 aliphatic heterocycles. The Bertz CT molecular complexity index is 2250. The number of nitrogens with one attached hydrogen (secondary N) is 1. The second-order valence-electron chi connectivity index (χ2n) is 18.6. The van der Waals surface area contributed by atoms with Gasteiger partial charge in [-0.15, -0.1) is 10.2 Å². The van der Waals surface area contributed by atoms with Gasteiger partial charge in [0, 0.05) is 76.6 Å². The maximum absolute atomic E-state index is 13.8. The Morgan fingerprint density at radius 3 is 2.27 bits per heavy atom. The Labute approximate surface area is 362 Å². The Balaban J connectivity index is 0.734. The van der Waals surface area contributed by atoms with Crippen LogP contribution in [0.5, 0.6) is 5.75 Å². The zero-order valence-electron chi connectivity index (χ0n) is 35.9. The molecule has 0 bridgehead atoms. The molecule has 328 valence electrons. The number of esters is 1. The average Bonchev–Trinajstić information content (AvgIpc) is 3.53. The number of piperidine rings is 3. The van der Waals surface area contributed by atoms with Gasteiger partial charge in [0.05, 0.1) is 41.1 Å². The minimum atomic E-state index is -1.15. The lowest BCUT2D eigenvalue weighted by molar-refractivity contribution is -0.159. The summed E-state index contributed by atoms with van der Waals surface area (Å²) in [6.45, 7) is 12.9. The van der Waals surface area contributed by atoms with Crippen molar-refractivity contribution in [3.63, 3.8) is 0 Å². The molecule has 4 amide bonds. The number of piperazine rings is 1. The summed E-state index contributed by atoms with van der Waals surface area (Å²) in [5.74, 6) is -0.439. The van der Waals surface area contributed by atoms with E-state index in [2.05, 4.69) is 41.2 Å². The molecule has 0 saturated carbocycles. The number of para-hydroxylation sites is 1. The van der Waals surface area contributed by atoms with Crippen molar-refractivity contribution < 1.29 is 33.8 Å². The topological polar surface area (TPSA) is 172 Å². The third-order valence-corrected chi connectivity index (χ3v) is 14.0. The van der Waals surface area contributed by atoms with Crippen LogP contribution in [0.3, 0.4) is 0 Å². The monoisotopic (exact) mass is 847 g/mol. The molecule has 2 N–H and O–H groups in total. The predicted octanol–water partition coefficient (Wildman–Crippen LogP) is 3.71. The molecular weight excluding hydrogens is 791 g/mol. The number of carbonyl (C=O) groups excluding carboxylic acids is 5. The standard InChI is InChI=1S/C46H57N9O7/c1-46(2,45(61)62-3)28-54-40(57)11-10-37(44(54)60)55-42(58)33-9-8-31(22-35(33)43(55)59)52-18-14-30(15-19-52)25-50-16-12-29(13-17-50)26-51-20-21-53-32(27-51)24-47-41-38(53)23-36(48-49-41)34-6-4-5-7-39(34)56/h4-9,22-23,29-30,32,37,56H,10-21,24-28H2,1-3H3,(H,47,49)/t32-,37?/m0/s1. The van der Waals surface area contributed by atoms with Crippen molar-refractivity contribution >= 4 is 46.8 Å². The summed E-state index contributed by atoms with van der Waals surface area (Å²) in [7, 11) is 1.25. The smallest absolute Gasteiger partial charge is 0.313 e. The van der Waals surface area contributed by atoms with Crippen LogP contribution in [0, 0.1) is 17.3 Å². The number of rotatable bonds is 10. The summed E-state index contributed by atoms with van der Waals surface area (Å²) < 4.78 is 4.86. The van der Waals surface area contributed by atoms with Gasteiger partial charge in [0.15, 0.2) is 5.82 Å². The van der Waals surface area contributed by atoms with Crippen LogP contribution in [0.4, 0.5) is 17.2 Å². The summed E-state index contributed by atoms with van der Waals surface area (Å²) in [5, 5.41) is 22.8. The Kier molecular flexibility index (Phi) is 11.4. The molecule has 6 aliphatic rings. The van der Waals surface area contributed by atoms with Crippen LogP contribution < -0.4 is 15.1 Å². The molecule has 0 radical (unpaired) electrons. The third kappa shape index (κ3) is 7.98. The molecule has 0 spiro atoms. The van der Waals surface area contributed by atoms with Gasteiger partial charge in [0.1, 0.15) is 11.8 Å². The molecule has 3 aromatic rings. The van der Waals surface area contributed by atoms with Crippen LogP contribution in [-0.4, -0.2) is 156 Å². The molecule has 1 aromatic heterocycles. The van der Waals surface area contributed by atoms with Gasteiger partial charge in [0.25, 0.3) is 17.7 Å². The van der Waals surface area contributed by atoms with E-state index in [0.29, 0.717) is 29.1 Å². The fraction of sp³-hybridized carbons (Fsp3) is 0.543. The van der Waals surface area contributed by atoms with Crippen LogP contribution in [0.25, 0.3) is 11.3 Å². The van der Waals surface area contributed by atoms with Gasteiger partial charge in [-0.1, -0.05) is 12.1 Å². The number of likely N-dealkylation sites (tertiary alicyclic amines) is 2. The molecule has 1 unspecified atom stereocenters. The number of aromatic nitrogens is 2. The van der Waals surface area contributed by atoms with Gasteiger partial charge < -0.3 is 29.9 Å². The minimum absolute atomic E-state index is 0.0198. The number of nitrogens with zero attached hydrogens (tertiary/aromatic N) is 8. The maximum atomic E-state index is 13.8. The first-order valence-electron chi connectivity index (χ1n) is 22.2. The number of fused-ring (bicyclic) bond motifs is 4. The predicted molar refractivity (Wildman–Crippen MR) is 232 cm³/mol. The number of benzene rings is 2. The van der Waals surface area contributed by atoms with Crippen LogP contribution in [0.1, 0.15) is 73.1 Å². The van der Waals surface area contributed by atoms with Crippen molar-refractivity contribution in [3.8, 4) is 17.0 Å². The summed E-state index contributed by atoms with van der Waals surface area (Å²) in [6, 6.07) is 13.9. The van der Waals surface area contributed by atoms with Crippen molar-refractivity contribution in [3.05, 3.63) is 59.7 Å². The molecular formula is C46H57N9O7. The van der Waals surface area contributed by atoms with Crippen molar-refractivity contribution in [1.29, 1.82) is 0 Å². The SMILES string of the molecule is COC(=O)C(C)(C)CN1C(=O)CCC(N2C(=O)c3ccc(N4CCC(CN5CCC(CN6CCN7c8cc(-c9ccccc9O)nnc8NC[C@H]7C6)CC5)CC4)cc3C2=O)C1=O. The molecule has 16 nitrogen and oxygen atoms in total. The number of phenols is 1. The lowest BCUT2D eigenvalue weighted by Gasteiger charge is -2.47. The van der Waals surface area contributed by atoms with Crippen molar-refractivity contribution in [1.82, 2.24) is 29.8 Å². The third-order valence-electron chi connectivity index (χ3n) is 14.0. The molecule has 7 heterocycles. The van der Waals surface area contributed by atoms with Crippen LogP contribution in [-0.2, 0) is 19.1 Å². The number of phenolic OH excluding ortho intramolecular Hbond substituents is 1. The lowest BCUT2D eigenvalue weighted by atomic mass is 9.91. The van der Waals surface area contributed by atoms with Gasteiger partial charge in [-0.3, -0.25) is 38.7 Å². The highest BCUT2D eigenvalue weighted by atomic mass is 16.5. The number of anilines is 3. The van der Waals surface area contributed by atoms with E-state index < -0.39 is 41.1 Å². The fourth-order valence-corrected chi connectivity index (χ4v) is 10.5. The largest absolute Gasteiger partial charge is 0.507 e. The molecule has 0 aliphatic carbocycles. The second-order valence-corrected chi connectivity index (χ2v) is 18.6. The summed E-state index contributed by atoms with van der Waals surface area (Å²) in [6.07, 6.45) is 4.52. The summed E-state index contributed by atoms with van der Waals surface area (Å²) >= 11 is 0. The van der Waals surface area contributed by atoms with Crippen molar-refractivity contribution in [2.75, 3.05) is 94.2 Å². The molecule has 4 saturated heterocycles. The van der Waals surface area contributed by atoms with E-state index in [1.165, 1.54) is 20.0 Å². The first-order chi connectivity index (χ1) is 29.9. The van der Waals surface area contributed by atoms with E-state index >= 15 is 0 Å². The number of aromatic hydroxyl groups is 1. The van der Waals surface area contributed by atoms with E-state index in [-0.39, 0.29) is 36.3 Å². The van der Waals surface area contributed by atoms with Crippen LogP contribution >= 0.6 is 0 Å². The van der Waals surface area contributed by atoms with E-state index in [4.69, 9.17) is 4.74 Å². The number of hydrogen-bond acceptors (Lipinski definition) is 14. The van der Waals surface area contributed by atoms with Crippen LogP contribution in [0.15, 0.2) is 48.5 Å². The fourth-order valence-electron chi connectivity index (χ4n) is 10.5. The van der Waals surface area contributed by atoms with E-state index in [1.807, 2.05) is 24.3 Å².